The summed E-state index contributed by atoms with van der Waals surface area (Å²) in [5.74, 6) is -5.58. The number of rotatable bonds is 3. The Kier molecular flexibility index (Phi) is 6.94. The van der Waals surface area contributed by atoms with Crippen LogP contribution in [0.5, 0.6) is 5.75 Å². The number of carbonyl (C=O) groups excluding carboxylic acids is 2. The zero-order chi connectivity index (χ0) is 33.6. The Morgan fingerprint density at radius 2 is 1.80 bits per heavy atom. The monoisotopic (exact) mass is 691 g/mol. The molecule has 5 aliphatic rings. The smallest absolute Gasteiger partial charge is 0.430 e. The lowest BCUT2D eigenvalue weighted by atomic mass is 9.80. The molecule has 0 unspecified atom stereocenters. The highest BCUT2D eigenvalue weighted by Crippen LogP contribution is 2.58. The Hall–Kier alpha value is -4.66. The Labute approximate surface area is 281 Å². The first-order valence-electron chi connectivity index (χ1n) is 16.0. The number of benzene rings is 2. The summed E-state index contributed by atoms with van der Waals surface area (Å²) in [6.45, 7) is 1.20. The first-order valence-corrected chi connectivity index (χ1v) is 16.9. The van der Waals surface area contributed by atoms with Gasteiger partial charge < -0.3 is 23.8 Å². The van der Waals surface area contributed by atoms with Gasteiger partial charge in [0.2, 0.25) is 11.2 Å². The molecule has 10 nitrogen and oxygen atoms in total. The molecule has 2 aromatic heterocycles. The van der Waals surface area contributed by atoms with Gasteiger partial charge in [-0.1, -0.05) is 30.3 Å². The van der Waals surface area contributed by atoms with Crippen molar-refractivity contribution in [2.45, 2.75) is 43.5 Å². The number of thiophene rings is 1. The van der Waals surface area contributed by atoms with Crippen LogP contribution in [-0.2, 0) is 26.6 Å². The van der Waals surface area contributed by atoms with Crippen molar-refractivity contribution in [1.29, 1.82) is 0 Å². The van der Waals surface area contributed by atoms with Gasteiger partial charge in [-0.25, -0.2) is 18.0 Å². The lowest BCUT2D eigenvalue weighted by Gasteiger charge is -2.51. The van der Waals surface area contributed by atoms with Gasteiger partial charge >= 0.3 is 6.16 Å². The van der Waals surface area contributed by atoms with E-state index in [4.69, 9.17) is 18.9 Å². The molecule has 49 heavy (non-hydrogen) atoms. The van der Waals surface area contributed by atoms with Gasteiger partial charge in [-0.2, -0.15) is 0 Å². The van der Waals surface area contributed by atoms with Crippen LogP contribution in [0.15, 0.2) is 58.8 Å². The molecule has 2 atom stereocenters. The minimum absolute atomic E-state index is 0.0462. The molecule has 0 bridgehead atoms. The normalized spacial score (nSPS) is 22.0. The van der Waals surface area contributed by atoms with Gasteiger partial charge in [0, 0.05) is 54.1 Å². The average molecular weight is 692 g/mol. The van der Waals surface area contributed by atoms with Gasteiger partial charge in [0.1, 0.15) is 18.1 Å². The van der Waals surface area contributed by atoms with E-state index in [0.717, 1.165) is 16.5 Å². The molecule has 1 amide bonds. The van der Waals surface area contributed by atoms with Crippen LogP contribution in [0.3, 0.4) is 0 Å². The molecule has 2 saturated heterocycles. The predicted molar refractivity (Wildman–Crippen MR) is 170 cm³/mol. The van der Waals surface area contributed by atoms with Gasteiger partial charge in [-0.15, -0.1) is 11.3 Å². The van der Waals surface area contributed by atoms with E-state index in [1.165, 1.54) is 39.2 Å². The first kappa shape index (κ1) is 30.4. The van der Waals surface area contributed by atoms with Crippen LogP contribution in [0.1, 0.15) is 51.6 Å². The maximum Gasteiger partial charge on any atom is 0.514 e. The van der Waals surface area contributed by atoms with Crippen molar-refractivity contribution in [3.8, 4) is 27.3 Å². The van der Waals surface area contributed by atoms with Crippen molar-refractivity contribution < 1.29 is 41.7 Å². The molecule has 9 rings (SSSR count). The lowest BCUT2D eigenvalue weighted by molar-refractivity contribution is -0.0209. The van der Waals surface area contributed by atoms with E-state index in [2.05, 4.69) is 0 Å². The summed E-state index contributed by atoms with van der Waals surface area (Å²) in [6, 6.07) is 10.3. The summed E-state index contributed by atoms with van der Waals surface area (Å²) in [5, 5.41) is 3.49. The van der Waals surface area contributed by atoms with Crippen molar-refractivity contribution in [3.05, 3.63) is 98.0 Å². The van der Waals surface area contributed by atoms with Crippen LogP contribution in [0, 0.1) is 5.82 Å². The van der Waals surface area contributed by atoms with Crippen LogP contribution in [0.25, 0.3) is 21.6 Å². The summed E-state index contributed by atoms with van der Waals surface area (Å²) in [7, 11) is 0. The van der Waals surface area contributed by atoms with Gasteiger partial charge in [0.25, 0.3) is 11.8 Å². The van der Waals surface area contributed by atoms with E-state index in [-0.39, 0.29) is 31.0 Å². The third kappa shape index (κ3) is 4.57. The molecule has 0 spiro atoms. The average Bonchev–Trinajstić information content (AvgIpc) is 3.46. The number of halogens is 3. The summed E-state index contributed by atoms with van der Waals surface area (Å²) in [5.41, 5.74) is 1.38. The fraction of sp³-hybridized carbons (Fsp3) is 0.343. The zero-order valence-corrected chi connectivity index (χ0v) is 26.6. The zero-order valence-electron chi connectivity index (χ0n) is 25.8. The Morgan fingerprint density at radius 3 is 2.63 bits per heavy atom. The first-order chi connectivity index (χ1) is 23.7. The Balaban J connectivity index is 1.27. The Morgan fingerprint density at radius 1 is 0.980 bits per heavy atom. The van der Waals surface area contributed by atoms with Crippen LogP contribution in [0.4, 0.5) is 18.0 Å². The molecule has 0 saturated carbocycles. The highest BCUT2D eigenvalue weighted by Gasteiger charge is 2.50. The van der Waals surface area contributed by atoms with Gasteiger partial charge in [0.05, 0.1) is 38.0 Å². The van der Waals surface area contributed by atoms with Gasteiger partial charge in [-0.05, 0) is 33.7 Å². The third-order valence-corrected chi connectivity index (χ3v) is 11.0. The number of aromatic nitrogens is 1. The van der Waals surface area contributed by atoms with Crippen molar-refractivity contribution >= 4 is 23.4 Å². The maximum absolute atomic E-state index is 15.9. The van der Waals surface area contributed by atoms with E-state index < -0.39 is 65.3 Å². The number of pyridine rings is 1. The molecule has 5 heterocycles. The number of morpholine rings is 1. The minimum atomic E-state index is -3.48. The number of amides is 1. The van der Waals surface area contributed by atoms with E-state index >= 15 is 13.2 Å². The number of ether oxygens (including phenoxy) is 4. The summed E-state index contributed by atoms with van der Waals surface area (Å²) in [4.78, 5) is 42.9. The molecule has 3 aliphatic heterocycles. The Bertz CT molecular complexity index is 2110. The van der Waals surface area contributed by atoms with Crippen LogP contribution in [-0.4, -0.2) is 66.9 Å². The predicted octanol–water partition coefficient (Wildman–Crippen LogP) is 5.58. The largest absolute Gasteiger partial charge is 0.514 e. The third-order valence-electron chi connectivity index (χ3n) is 9.91. The standard InChI is InChI=1S/C35H28F3N3O7S/c36-23-6-5-22-27-26-18(15-35(37,38)28(23)27)17-49-32(26)21-4-2-1-3-20(21)29(22)41-25-16-46-14-11-39(25)33(43)30-31(24(42)7-10-40(30)41)48-34(44)47-19-8-12-45-13-9-19/h1-7,10,17,19,25,29H,8-9,11-16H2/t25-,29-/m1/s1. The fourth-order valence-corrected chi connectivity index (χ4v) is 8.95. The van der Waals surface area contributed by atoms with Crippen LogP contribution < -0.4 is 15.2 Å². The molecule has 14 heteroatoms. The second-order valence-electron chi connectivity index (χ2n) is 12.6. The molecular formula is C35H28F3N3O7S. The van der Waals surface area contributed by atoms with Gasteiger partial charge in [0.15, 0.2) is 5.69 Å². The number of nitrogens with zero attached hydrogens (tertiary/aromatic N) is 3. The molecule has 2 aliphatic carbocycles. The summed E-state index contributed by atoms with van der Waals surface area (Å²) in [6.07, 6.45) is -0.703. The molecule has 0 radical (unpaired) electrons. The van der Waals surface area contributed by atoms with Gasteiger partial charge in [-0.3, -0.25) is 19.3 Å². The molecule has 0 N–H and O–H groups in total. The molecule has 2 fully saturated rings. The molecule has 4 aromatic rings. The van der Waals surface area contributed by atoms with E-state index in [1.807, 2.05) is 24.3 Å². The maximum atomic E-state index is 15.9. The summed E-state index contributed by atoms with van der Waals surface area (Å²) < 4.78 is 71.1. The topological polar surface area (TPSA) is 99.5 Å². The summed E-state index contributed by atoms with van der Waals surface area (Å²) >= 11 is 1.33. The second-order valence-corrected chi connectivity index (χ2v) is 13.5. The molecular weight excluding hydrogens is 663 g/mol. The number of fused-ring (bicyclic) bond motifs is 4. The SMILES string of the molecule is O=C(Oc1c2n(ccc1=O)N([C@@H]1c3ccccc3-c3scc4c3-c3c1ccc(F)c3C(F)(F)C4)[C@@H]1COCCN1C2=O)OC1CCOCC1. The van der Waals surface area contributed by atoms with E-state index in [0.29, 0.717) is 48.3 Å². The van der Waals surface area contributed by atoms with E-state index in [9.17, 15) is 14.4 Å². The number of alkyl halides is 2. The number of carbonyl (C=O) groups is 2. The minimum Gasteiger partial charge on any atom is -0.430 e. The molecule has 252 valence electrons. The fourth-order valence-electron chi connectivity index (χ4n) is 7.82. The molecule has 2 aromatic carbocycles. The van der Waals surface area contributed by atoms with Crippen molar-refractivity contribution in [2.75, 3.05) is 38.0 Å². The highest BCUT2D eigenvalue weighted by atomic mass is 32.1. The van der Waals surface area contributed by atoms with Crippen LogP contribution in [0.2, 0.25) is 0 Å². The van der Waals surface area contributed by atoms with E-state index in [1.54, 1.807) is 10.4 Å². The van der Waals surface area contributed by atoms with Crippen LogP contribution >= 0.6 is 11.3 Å². The van der Waals surface area contributed by atoms with Crippen molar-refractivity contribution in [2.24, 2.45) is 0 Å². The number of hydrogen-bond donors (Lipinski definition) is 0. The lowest BCUT2D eigenvalue weighted by Crippen LogP contribution is -2.66. The number of hydrogen-bond acceptors (Lipinski definition) is 9. The highest BCUT2D eigenvalue weighted by molar-refractivity contribution is 7.14. The van der Waals surface area contributed by atoms with Crippen molar-refractivity contribution in [3.63, 3.8) is 0 Å². The quantitative estimate of drug-likeness (QED) is 0.257. The van der Waals surface area contributed by atoms with Crippen molar-refractivity contribution in [1.82, 2.24) is 9.58 Å². The second kappa shape index (κ2) is 11.2.